The van der Waals surface area contributed by atoms with E-state index in [2.05, 4.69) is 29.3 Å². The summed E-state index contributed by atoms with van der Waals surface area (Å²) in [6.07, 6.45) is 3.67. The predicted octanol–water partition coefficient (Wildman–Crippen LogP) is 4.18. The Hall–Kier alpha value is -2.53. The summed E-state index contributed by atoms with van der Waals surface area (Å²) < 4.78 is 10.7. The van der Waals surface area contributed by atoms with E-state index in [0.29, 0.717) is 11.7 Å². The maximum absolute atomic E-state index is 5.51. The Balaban J connectivity index is 1.72. The summed E-state index contributed by atoms with van der Waals surface area (Å²) in [4.78, 5) is 0. The molecule has 0 radical (unpaired) electrons. The summed E-state index contributed by atoms with van der Waals surface area (Å²) in [6, 6.07) is 15.8. The normalized spacial score (nSPS) is 9.96. The quantitative estimate of drug-likeness (QED) is 0.401. The summed E-state index contributed by atoms with van der Waals surface area (Å²) >= 11 is 5.34. The molecule has 0 bridgehead atoms. The van der Waals surface area contributed by atoms with Gasteiger partial charge in [-0.15, -0.1) is 0 Å². The topological polar surface area (TPSA) is 42.5 Å². The predicted molar refractivity (Wildman–Crippen MR) is 108 cm³/mol. The number of benzene rings is 2. The molecule has 0 saturated heterocycles. The molecule has 25 heavy (non-hydrogen) atoms. The van der Waals surface area contributed by atoms with E-state index in [4.69, 9.17) is 21.7 Å². The molecule has 0 amide bonds. The second-order valence-corrected chi connectivity index (χ2v) is 5.87. The van der Waals surface area contributed by atoms with Crippen molar-refractivity contribution in [1.82, 2.24) is 5.32 Å². The molecule has 2 aromatic carbocycles. The van der Waals surface area contributed by atoms with E-state index >= 15 is 0 Å². The highest BCUT2D eigenvalue weighted by Crippen LogP contribution is 2.17. The van der Waals surface area contributed by atoms with E-state index in [9.17, 15) is 0 Å². The van der Waals surface area contributed by atoms with E-state index < -0.39 is 0 Å². The van der Waals surface area contributed by atoms with Gasteiger partial charge in [-0.25, -0.2) is 0 Å². The number of hydrogen-bond acceptors (Lipinski definition) is 3. The van der Waals surface area contributed by atoms with Gasteiger partial charge in [0.2, 0.25) is 0 Å². The lowest BCUT2D eigenvalue weighted by Gasteiger charge is -2.12. The molecule has 5 heteroatoms. The number of thiocarbonyl (C=S) groups is 1. The van der Waals surface area contributed by atoms with Crippen molar-refractivity contribution in [3.8, 4) is 11.5 Å². The highest BCUT2D eigenvalue weighted by molar-refractivity contribution is 7.80. The van der Waals surface area contributed by atoms with Crippen LogP contribution >= 0.6 is 12.2 Å². The maximum atomic E-state index is 5.51. The number of nitrogens with one attached hydrogen (secondary N) is 2. The van der Waals surface area contributed by atoms with Crippen LogP contribution in [-0.4, -0.2) is 25.4 Å². The Kier molecular flexibility index (Phi) is 7.79. The number of aryl methyl sites for hydroxylation is 1. The van der Waals surface area contributed by atoms with Crippen LogP contribution in [0, 0.1) is 0 Å². The third-order valence-electron chi connectivity index (χ3n) is 3.52. The van der Waals surface area contributed by atoms with Crippen LogP contribution in [0.2, 0.25) is 0 Å². The Labute approximate surface area is 154 Å². The van der Waals surface area contributed by atoms with Crippen molar-refractivity contribution >= 4 is 23.0 Å². The Morgan fingerprint density at radius 3 is 2.76 bits per heavy atom. The molecule has 0 heterocycles. The van der Waals surface area contributed by atoms with E-state index in [0.717, 1.165) is 36.6 Å². The van der Waals surface area contributed by atoms with Gasteiger partial charge in [-0.1, -0.05) is 30.9 Å². The first-order valence-electron chi connectivity index (χ1n) is 8.23. The summed E-state index contributed by atoms with van der Waals surface area (Å²) in [5, 5.41) is 7.00. The molecular formula is C20H24N2O2S. The fraction of sp³-hybridized carbons (Fsp3) is 0.250. The molecule has 4 nitrogen and oxygen atoms in total. The zero-order valence-electron chi connectivity index (χ0n) is 14.5. The smallest absolute Gasteiger partial charge is 0.170 e. The largest absolute Gasteiger partial charge is 0.497 e. The zero-order valence-corrected chi connectivity index (χ0v) is 15.3. The van der Waals surface area contributed by atoms with Crippen molar-refractivity contribution in [3.05, 3.63) is 66.7 Å². The molecule has 0 saturated carbocycles. The fourth-order valence-corrected chi connectivity index (χ4v) is 2.54. The Bertz CT molecular complexity index is 704. The minimum Gasteiger partial charge on any atom is -0.497 e. The molecule has 132 valence electrons. The van der Waals surface area contributed by atoms with Crippen LogP contribution in [-0.2, 0) is 6.42 Å². The SMILES string of the molecule is C=CCOc1cccc(NC(=S)NCCCc2cccc(OC)c2)c1. The molecular weight excluding hydrogens is 332 g/mol. The molecule has 0 aliphatic rings. The monoisotopic (exact) mass is 356 g/mol. The van der Waals surface area contributed by atoms with E-state index in [1.54, 1.807) is 13.2 Å². The van der Waals surface area contributed by atoms with Crippen molar-refractivity contribution in [3.63, 3.8) is 0 Å². The van der Waals surface area contributed by atoms with Crippen molar-refractivity contribution in [2.75, 3.05) is 25.6 Å². The van der Waals surface area contributed by atoms with Crippen LogP contribution in [0.4, 0.5) is 5.69 Å². The fourth-order valence-electron chi connectivity index (χ4n) is 2.32. The zero-order chi connectivity index (χ0) is 17.9. The average Bonchev–Trinajstić information content (AvgIpc) is 2.64. The van der Waals surface area contributed by atoms with Crippen LogP contribution in [0.5, 0.6) is 11.5 Å². The van der Waals surface area contributed by atoms with Gasteiger partial charge < -0.3 is 20.1 Å². The molecule has 0 aromatic heterocycles. The highest BCUT2D eigenvalue weighted by atomic mass is 32.1. The molecule has 0 aliphatic heterocycles. The van der Waals surface area contributed by atoms with Crippen molar-refractivity contribution in [1.29, 1.82) is 0 Å². The third-order valence-corrected chi connectivity index (χ3v) is 3.77. The van der Waals surface area contributed by atoms with Gasteiger partial charge in [0.05, 0.1) is 7.11 Å². The standard InChI is InChI=1S/C20H24N2O2S/c1-3-13-24-19-11-5-9-17(15-19)22-20(25)21-12-6-8-16-7-4-10-18(14-16)23-2/h3-5,7,9-11,14-15H,1,6,8,12-13H2,2H3,(H2,21,22,25). The molecule has 2 rings (SSSR count). The Morgan fingerprint density at radius 1 is 1.16 bits per heavy atom. The molecule has 2 aromatic rings. The van der Waals surface area contributed by atoms with Gasteiger partial charge in [-0.2, -0.15) is 0 Å². The second-order valence-electron chi connectivity index (χ2n) is 5.46. The summed E-state index contributed by atoms with van der Waals surface area (Å²) in [6.45, 7) is 4.93. The first-order chi connectivity index (χ1) is 12.2. The lowest BCUT2D eigenvalue weighted by molar-refractivity contribution is 0.363. The molecule has 0 fully saturated rings. The molecule has 2 N–H and O–H groups in total. The summed E-state index contributed by atoms with van der Waals surface area (Å²) in [5.41, 5.74) is 2.15. The number of ether oxygens (including phenoxy) is 2. The van der Waals surface area contributed by atoms with E-state index in [1.165, 1.54) is 5.56 Å². The number of rotatable bonds is 9. The van der Waals surface area contributed by atoms with Crippen LogP contribution in [0.3, 0.4) is 0 Å². The van der Waals surface area contributed by atoms with Gasteiger partial charge in [0.25, 0.3) is 0 Å². The lowest BCUT2D eigenvalue weighted by Crippen LogP contribution is -2.29. The van der Waals surface area contributed by atoms with E-state index in [1.807, 2.05) is 36.4 Å². The summed E-state index contributed by atoms with van der Waals surface area (Å²) in [5.74, 6) is 1.67. The van der Waals surface area contributed by atoms with Crippen LogP contribution < -0.4 is 20.1 Å². The maximum Gasteiger partial charge on any atom is 0.170 e. The van der Waals surface area contributed by atoms with E-state index in [-0.39, 0.29) is 0 Å². The van der Waals surface area contributed by atoms with Crippen molar-refractivity contribution in [2.45, 2.75) is 12.8 Å². The minimum atomic E-state index is 0.483. The number of hydrogen-bond donors (Lipinski definition) is 2. The minimum absolute atomic E-state index is 0.483. The number of methoxy groups -OCH3 is 1. The molecule has 0 aliphatic carbocycles. The van der Waals surface area contributed by atoms with Gasteiger partial charge >= 0.3 is 0 Å². The summed E-state index contributed by atoms with van der Waals surface area (Å²) in [7, 11) is 1.68. The van der Waals surface area contributed by atoms with Gasteiger partial charge in [0.1, 0.15) is 18.1 Å². The van der Waals surface area contributed by atoms with Crippen LogP contribution in [0.25, 0.3) is 0 Å². The van der Waals surface area contributed by atoms with Crippen LogP contribution in [0.1, 0.15) is 12.0 Å². The second kappa shape index (κ2) is 10.4. The Morgan fingerprint density at radius 2 is 1.96 bits per heavy atom. The third kappa shape index (κ3) is 6.85. The van der Waals surface area contributed by atoms with Crippen molar-refractivity contribution in [2.24, 2.45) is 0 Å². The lowest BCUT2D eigenvalue weighted by atomic mass is 10.1. The highest BCUT2D eigenvalue weighted by Gasteiger charge is 2.00. The van der Waals surface area contributed by atoms with Gasteiger partial charge in [0.15, 0.2) is 5.11 Å². The van der Waals surface area contributed by atoms with Crippen molar-refractivity contribution < 1.29 is 9.47 Å². The van der Waals surface area contributed by atoms with Gasteiger partial charge in [-0.3, -0.25) is 0 Å². The van der Waals surface area contributed by atoms with Gasteiger partial charge in [-0.05, 0) is 54.9 Å². The first kappa shape index (κ1) is 18.8. The molecule has 0 unspecified atom stereocenters. The van der Waals surface area contributed by atoms with Crippen LogP contribution in [0.15, 0.2) is 61.2 Å². The molecule has 0 atom stereocenters. The van der Waals surface area contributed by atoms with Gasteiger partial charge in [0, 0.05) is 18.3 Å². The average molecular weight is 356 g/mol. The molecule has 0 spiro atoms. The first-order valence-corrected chi connectivity index (χ1v) is 8.63. The number of anilines is 1.